The molecule has 0 saturated carbocycles. The molecule has 11 nitrogen and oxygen atoms in total. The molecular weight excluding hydrogens is 444 g/mol. The van der Waals surface area contributed by atoms with E-state index in [2.05, 4.69) is 20.3 Å². The van der Waals surface area contributed by atoms with Crippen LogP contribution < -0.4 is 28.1 Å². The fourth-order valence-electron chi connectivity index (χ4n) is 3.52. The highest BCUT2D eigenvalue weighted by molar-refractivity contribution is 6.35. The summed E-state index contributed by atoms with van der Waals surface area (Å²) in [4.78, 5) is 30.4. The van der Waals surface area contributed by atoms with Gasteiger partial charge in [-0.2, -0.15) is 15.2 Å². The predicted octanol–water partition coefficient (Wildman–Crippen LogP) is 2.32. The summed E-state index contributed by atoms with van der Waals surface area (Å²) >= 11 is 6.34. The molecule has 0 bridgehead atoms. The normalized spacial score (nSPS) is 11.8. The summed E-state index contributed by atoms with van der Waals surface area (Å²) < 4.78 is 1.41. The topological polar surface area (TPSA) is 187 Å². The first kappa shape index (κ1) is 21.8. The van der Waals surface area contributed by atoms with Gasteiger partial charge in [-0.05, 0) is 37.6 Å². The van der Waals surface area contributed by atoms with E-state index in [4.69, 9.17) is 33.8 Å². The molecule has 1 aromatic carbocycles. The van der Waals surface area contributed by atoms with Crippen LogP contribution in [0.2, 0.25) is 5.02 Å². The van der Waals surface area contributed by atoms with Gasteiger partial charge in [0.2, 0.25) is 5.95 Å². The Morgan fingerprint density at radius 3 is 2.67 bits per heavy atom. The molecule has 0 saturated heterocycles. The Bertz CT molecular complexity index is 1510. The Morgan fingerprint density at radius 1 is 1.21 bits per heavy atom. The number of halogens is 1. The lowest BCUT2D eigenvalue weighted by Gasteiger charge is -2.21. The number of anilines is 4. The first-order chi connectivity index (χ1) is 15.7. The van der Waals surface area contributed by atoms with E-state index in [9.17, 15) is 10.1 Å². The highest BCUT2D eigenvalue weighted by Crippen LogP contribution is 2.27. The molecular formula is C21H19ClN10O. The fraction of sp³-hybridized carbons (Fsp3) is 0.143. The predicted molar refractivity (Wildman–Crippen MR) is 127 cm³/mol. The Balaban J connectivity index is 1.97. The lowest BCUT2D eigenvalue weighted by atomic mass is 10.1. The van der Waals surface area contributed by atoms with E-state index in [1.807, 2.05) is 6.07 Å². The summed E-state index contributed by atoms with van der Waals surface area (Å²) in [6.45, 7) is 3.56. The standard InChI is InChI=1S/C21H19ClN10O/c1-9-6-15(24)27-8-14(9)32-19(29-13-5-3-4-12(22)16(13)20(32)33)10(2)28-18-11(7-23)17(25)30-21(26)31-18/h3-6,8,10H,1-2H3,(H2,24,27)(H5,25,26,28,30,31). The number of nitriles is 1. The summed E-state index contributed by atoms with van der Waals surface area (Å²) in [7, 11) is 0. The van der Waals surface area contributed by atoms with E-state index in [0.717, 1.165) is 0 Å². The van der Waals surface area contributed by atoms with Gasteiger partial charge in [-0.15, -0.1) is 0 Å². The van der Waals surface area contributed by atoms with E-state index in [-0.39, 0.29) is 39.1 Å². The van der Waals surface area contributed by atoms with Gasteiger partial charge in [0.1, 0.15) is 29.1 Å². The van der Waals surface area contributed by atoms with Crippen molar-refractivity contribution in [3.8, 4) is 11.8 Å². The lowest BCUT2D eigenvalue weighted by molar-refractivity contribution is 0.727. The Hall–Kier alpha value is -4.43. The fourth-order valence-corrected chi connectivity index (χ4v) is 3.77. The third-order valence-corrected chi connectivity index (χ3v) is 5.34. The number of hydrogen-bond acceptors (Lipinski definition) is 10. The quantitative estimate of drug-likeness (QED) is 0.350. The van der Waals surface area contributed by atoms with Gasteiger partial charge < -0.3 is 22.5 Å². The number of aromatic nitrogens is 5. The van der Waals surface area contributed by atoms with E-state index in [1.54, 1.807) is 38.1 Å². The van der Waals surface area contributed by atoms with Gasteiger partial charge in [0, 0.05) is 0 Å². The van der Waals surface area contributed by atoms with Gasteiger partial charge in [0.25, 0.3) is 5.56 Å². The molecule has 3 aromatic heterocycles. The number of rotatable bonds is 4. The molecule has 0 amide bonds. The van der Waals surface area contributed by atoms with Crippen LogP contribution in [0.1, 0.15) is 29.9 Å². The molecule has 166 valence electrons. The van der Waals surface area contributed by atoms with Gasteiger partial charge in [-0.3, -0.25) is 9.36 Å². The van der Waals surface area contributed by atoms with Crippen LogP contribution in [0, 0.1) is 18.3 Å². The molecule has 33 heavy (non-hydrogen) atoms. The average Bonchev–Trinajstić information content (AvgIpc) is 2.74. The van der Waals surface area contributed by atoms with Crippen molar-refractivity contribution in [2.45, 2.75) is 19.9 Å². The van der Waals surface area contributed by atoms with Crippen molar-refractivity contribution >= 4 is 45.9 Å². The van der Waals surface area contributed by atoms with E-state index >= 15 is 0 Å². The number of fused-ring (bicyclic) bond motifs is 1. The number of aryl methyl sites for hydroxylation is 1. The third kappa shape index (κ3) is 3.83. The Morgan fingerprint density at radius 2 is 1.97 bits per heavy atom. The summed E-state index contributed by atoms with van der Waals surface area (Å²) in [6.07, 6.45) is 1.49. The van der Waals surface area contributed by atoms with E-state index in [0.29, 0.717) is 28.4 Å². The average molecular weight is 463 g/mol. The SMILES string of the molecule is Cc1cc(N)ncc1-n1c(C(C)Nc2nc(N)nc(N)c2C#N)nc2cccc(Cl)c2c1=O. The molecule has 0 spiro atoms. The second-order valence-electron chi connectivity index (χ2n) is 7.31. The number of pyridine rings is 1. The first-order valence-corrected chi connectivity index (χ1v) is 10.1. The van der Waals surface area contributed by atoms with Crippen molar-refractivity contribution in [3.05, 3.63) is 62.8 Å². The summed E-state index contributed by atoms with van der Waals surface area (Å²) in [5.41, 5.74) is 18.6. The molecule has 4 aromatic rings. The minimum Gasteiger partial charge on any atom is -0.384 e. The third-order valence-electron chi connectivity index (χ3n) is 5.02. The first-order valence-electron chi connectivity index (χ1n) is 9.74. The van der Waals surface area contributed by atoms with Gasteiger partial charge in [-0.1, -0.05) is 17.7 Å². The van der Waals surface area contributed by atoms with Crippen molar-refractivity contribution in [2.75, 3.05) is 22.5 Å². The smallest absolute Gasteiger partial charge is 0.267 e. The van der Waals surface area contributed by atoms with Crippen LogP contribution in [0.25, 0.3) is 16.6 Å². The van der Waals surface area contributed by atoms with Gasteiger partial charge in [-0.25, -0.2) is 9.97 Å². The number of nitrogens with two attached hydrogens (primary N) is 3. The number of hydrogen-bond donors (Lipinski definition) is 4. The molecule has 0 aliphatic heterocycles. The van der Waals surface area contributed by atoms with Gasteiger partial charge >= 0.3 is 0 Å². The molecule has 3 heterocycles. The second kappa shape index (κ2) is 8.25. The van der Waals surface area contributed by atoms with Crippen LogP contribution in [0.15, 0.2) is 35.3 Å². The van der Waals surface area contributed by atoms with Crippen LogP contribution in [0.3, 0.4) is 0 Å². The Kier molecular flexibility index (Phi) is 5.45. The van der Waals surface area contributed by atoms with E-state index in [1.165, 1.54) is 10.8 Å². The molecule has 0 fully saturated rings. The minimum atomic E-state index is -0.626. The molecule has 1 atom stereocenters. The number of benzene rings is 1. The largest absolute Gasteiger partial charge is 0.384 e. The molecule has 0 radical (unpaired) electrons. The molecule has 7 N–H and O–H groups in total. The molecule has 0 aliphatic rings. The van der Waals surface area contributed by atoms with Crippen molar-refractivity contribution in [1.29, 1.82) is 5.26 Å². The minimum absolute atomic E-state index is 0.0270. The van der Waals surface area contributed by atoms with Crippen LogP contribution in [-0.4, -0.2) is 24.5 Å². The van der Waals surface area contributed by atoms with Gasteiger partial charge in [0.15, 0.2) is 5.82 Å². The monoisotopic (exact) mass is 462 g/mol. The highest BCUT2D eigenvalue weighted by Gasteiger charge is 2.22. The Labute approximate surface area is 192 Å². The zero-order valence-electron chi connectivity index (χ0n) is 17.7. The van der Waals surface area contributed by atoms with Crippen molar-refractivity contribution < 1.29 is 0 Å². The summed E-state index contributed by atoms with van der Waals surface area (Å²) in [6, 6.07) is 8.01. The number of nitrogen functional groups attached to an aromatic ring is 3. The van der Waals surface area contributed by atoms with E-state index < -0.39 is 6.04 Å². The summed E-state index contributed by atoms with van der Waals surface area (Å²) in [5, 5.41) is 13.1. The van der Waals surface area contributed by atoms with Crippen LogP contribution in [-0.2, 0) is 0 Å². The molecule has 4 rings (SSSR count). The van der Waals surface area contributed by atoms with Crippen molar-refractivity contribution in [3.63, 3.8) is 0 Å². The maximum atomic E-state index is 13.6. The van der Waals surface area contributed by atoms with Gasteiger partial charge in [0.05, 0.1) is 33.9 Å². The molecule has 12 heteroatoms. The maximum Gasteiger partial charge on any atom is 0.267 e. The van der Waals surface area contributed by atoms with Crippen molar-refractivity contribution in [2.24, 2.45) is 0 Å². The number of nitrogens with one attached hydrogen (secondary N) is 1. The van der Waals surface area contributed by atoms with Crippen LogP contribution >= 0.6 is 11.6 Å². The van der Waals surface area contributed by atoms with Crippen LogP contribution in [0.5, 0.6) is 0 Å². The molecule has 0 aliphatic carbocycles. The zero-order valence-corrected chi connectivity index (χ0v) is 18.4. The number of nitrogens with zero attached hydrogens (tertiary/aromatic N) is 6. The maximum absolute atomic E-state index is 13.6. The second-order valence-corrected chi connectivity index (χ2v) is 7.72. The summed E-state index contributed by atoms with van der Waals surface area (Å²) in [5.74, 6) is 0.594. The highest BCUT2D eigenvalue weighted by atomic mass is 35.5. The van der Waals surface area contributed by atoms with Crippen molar-refractivity contribution in [1.82, 2.24) is 24.5 Å². The van der Waals surface area contributed by atoms with Crippen LogP contribution in [0.4, 0.5) is 23.4 Å². The molecule has 1 unspecified atom stereocenters. The zero-order chi connectivity index (χ0) is 23.9. The lowest BCUT2D eigenvalue weighted by Crippen LogP contribution is -2.28.